The number of halogens is 3. The van der Waals surface area contributed by atoms with Crippen molar-refractivity contribution in [1.82, 2.24) is 24.8 Å². The highest BCUT2D eigenvalue weighted by atomic mass is 19.4. The molecule has 0 spiro atoms. The molecule has 3 rings (SSSR count). The van der Waals surface area contributed by atoms with Crippen LogP contribution in [0.15, 0.2) is 12.5 Å². The molecule has 5 nitrogen and oxygen atoms in total. The number of aryl methyl sites for hydroxylation is 1. The zero-order valence-electron chi connectivity index (χ0n) is 11.4. The summed E-state index contributed by atoms with van der Waals surface area (Å²) in [7, 11) is 0. The maximum absolute atomic E-state index is 12.6. The first-order chi connectivity index (χ1) is 9.93. The van der Waals surface area contributed by atoms with E-state index in [1.54, 1.807) is 6.33 Å². The molecule has 0 aromatic carbocycles. The number of nitrogens with one attached hydrogen (secondary N) is 1. The van der Waals surface area contributed by atoms with Gasteiger partial charge in [0, 0.05) is 43.5 Å². The Bertz CT molecular complexity index is 649. The summed E-state index contributed by atoms with van der Waals surface area (Å²) < 4.78 is 37.8. The maximum atomic E-state index is 12.6. The quantitative estimate of drug-likeness (QED) is 0.922. The van der Waals surface area contributed by atoms with Crippen molar-refractivity contribution in [2.75, 3.05) is 6.54 Å². The molecule has 0 unspecified atom stereocenters. The Morgan fingerprint density at radius 1 is 1.33 bits per heavy atom. The van der Waals surface area contributed by atoms with Crippen LogP contribution in [0.2, 0.25) is 0 Å². The molecule has 0 amide bonds. The Labute approximate surface area is 119 Å². The fourth-order valence-corrected chi connectivity index (χ4v) is 2.40. The Kier molecular flexibility index (Phi) is 3.40. The molecule has 1 aliphatic heterocycles. The van der Waals surface area contributed by atoms with Crippen LogP contribution in [0.3, 0.4) is 0 Å². The minimum Gasteiger partial charge on any atom is -0.348 e. The second-order valence-corrected chi connectivity index (χ2v) is 5.10. The van der Waals surface area contributed by atoms with Crippen LogP contribution in [0.5, 0.6) is 0 Å². The van der Waals surface area contributed by atoms with Gasteiger partial charge in [0.05, 0.1) is 17.7 Å². The van der Waals surface area contributed by atoms with E-state index in [2.05, 4.69) is 24.8 Å². The Hall–Kier alpha value is -1.96. The predicted octanol–water partition coefficient (Wildman–Crippen LogP) is 2.09. The van der Waals surface area contributed by atoms with Crippen LogP contribution in [0, 0.1) is 6.92 Å². The van der Waals surface area contributed by atoms with E-state index in [-0.39, 0.29) is 0 Å². The minimum atomic E-state index is -4.49. The largest absolute Gasteiger partial charge is 0.451 e. The van der Waals surface area contributed by atoms with Crippen molar-refractivity contribution in [2.45, 2.75) is 32.6 Å². The molecule has 112 valence electrons. The molecule has 0 saturated heterocycles. The van der Waals surface area contributed by atoms with Gasteiger partial charge >= 0.3 is 6.18 Å². The maximum Gasteiger partial charge on any atom is 0.451 e. The molecule has 0 aliphatic carbocycles. The van der Waals surface area contributed by atoms with Gasteiger partial charge in [-0.05, 0) is 6.92 Å². The van der Waals surface area contributed by atoms with E-state index in [4.69, 9.17) is 0 Å². The van der Waals surface area contributed by atoms with E-state index in [9.17, 15) is 13.2 Å². The smallest absolute Gasteiger partial charge is 0.348 e. The van der Waals surface area contributed by atoms with Gasteiger partial charge in [-0.25, -0.2) is 15.0 Å². The molecule has 0 fully saturated rings. The summed E-state index contributed by atoms with van der Waals surface area (Å²) in [6.07, 6.45) is -1.07. The third-order valence-electron chi connectivity index (χ3n) is 3.57. The van der Waals surface area contributed by atoms with Crippen LogP contribution in [0.1, 0.15) is 28.5 Å². The van der Waals surface area contributed by atoms with Gasteiger partial charge in [-0.1, -0.05) is 0 Å². The molecular weight excluding hydrogens is 283 g/mol. The van der Waals surface area contributed by atoms with E-state index in [1.165, 1.54) is 6.20 Å². The first-order valence-corrected chi connectivity index (χ1v) is 6.56. The molecule has 2 aromatic heterocycles. The van der Waals surface area contributed by atoms with Crippen molar-refractivity contribution < 1.29 is 13.2 Å². The number of fused-ring (bicyclic) bond motifs is 1. The first kappa shape index (κ1) is 14.0. The van der Waals surface area contributed by atoms with Gasteiger partial charge in [0.25, 0.3) is 0 Å². The number of H-pyrrole nitrogens is 1. The number of alkyl halides is 3. The molecule has 21 heavy (non-hydrogen) atoms. The average molecular weight is 297 g/mol. The normalized spacial score (nSPS) is 16.0. The fourth-order valence-electron chi connectivity index (χ4n) is 2.40. The van der Waals surface area contributed by atoms with Gasteiger partial charge in [-0.2, -0.15) is 13.2 Å². The lowest BCUT2D eigenvalue weighted by Crippen LogP contribution is -2.32. The molecule has 0 radical (unpaired) electrons. The Morgan fingerprint density at radius 3 is 2.81 bits per heavy atom. The molecule has 3 heterocycles. The van der Waals surface area contributed by atoms with Crippen LogP contribution in [0.4, 0.5) is 13.2 Å². The molecule has 1 N–H and O–H groups in total. The van der Waals surface area contributed by atoms with Gasteiger partial charge in [-0.15, -0.1) is 0 Å². The number of rotatable bonds is 2. The van der Waals surface area contributed by atoms with Gasteiger partial charge < -0.3 is 4.98 Å². The van der Waals surface area contributed by atoms with E-state index < -0.39 is 12.0 Å². The summed E-state index contributed by atoms with van der Waals surface area (Å²) in [4.78, 5) is 16.5. The Balaban J connectivity index is 1.76. The molecule has 0 atom stereocenters. The van der Waals surface area contributed by atoms with Crippen molar-refractivity contribution in [3.63, 3.8) is 0 Å². The van der Waals surface area contributed by atoms with Crippen molar-refractivity contribution in [3.8, 4) is 0 Å². The lowest BCUT2D eigenvalue weighted by Gasteiger charge is -2.27. The highest BCUT2D eigenvalue weighted by Crippen LogP contribution is 2.28. The second kappa shape index (κ2) is 5.10. The average Bonchev–Trinajstić information content (AvgIpc) is 2.82. The highest BCUT2D eigenvalue weighted by molar-refractivity contribution is 5.21. The molecule has 2 aromatic rings. The molecule has 8 heteroatoms. The SMILES string of the molecule is Cc1[nH]cnc1CN1CCc2nc(C(F)(F)F)ncc2C1. The van der Waals surface area contributed by atoms with Crippen molar-refractivity contribution in [3.05, 3.63) is 41.0 Å². The number of hydrogen-bond acceptors (Lipinski definition) is 4. The number of hydrogen-bond donors (Lipinski definition) is 1. The summed E-state index contributed by atoms with van der Waals surface area (Å²) in [6, 6.07) is 0. The third-order valence-corrected chi connectivity index (χ3v) is 3.57. The molecule has 0 bridgehead atoms. The molecule has 1 aliphatic rings. The Morgan fingerprint density at radius 2 is 2.14 bits per heavy atom. The van der Waals surface area contributed by atoms with Gasteiger partial charge in [0.2, 0.25) is 5.82 Å². The zero-order valence-corrected chi connectivity index (χ0v) is 11.4. The van der Waals surface area contributed by atoms with E-state index in [0.717, 1.165) is 17.0 Å². The summed E-state index contributed by atoms with van der Waals surface area (Å²) in [5.41, 5.74) is 3.20. The van der Waals surface area contributed by atoms with Crippen LogP contribution in [-0.2, 0) is 25.7 Å². The number of nitrogens with zero attached hydrogens (tertiary/aromatic N) is 4. The van der Waals surface area contributed by atoms with Crippen LogP contribution in [0.25, 0.3) is 0 Å². The topological polar surface area (TPSA) is 57.7 Å². The first-order valence-electron chi connectivity index (χ1n) is 6.56. The van der Waals surface area contributed by atoms with Crippen LogP contribution >= 0.6 is 0 Å². The number of imidazole rings is 1. The highest BCUT2D eigenvalue weighted by Gasteiger charge is 2.35. The number of aromatic amines is 1. The fraction of sp³-hybridized carbons (Fsp3) is 0.462. The van der Waals surface area contributed by atoms with E-state index >= 15 is 0 Å². The second-order valence-electron chi connectivity index (χ2n) is 5.10. The standard InChI is InChI=1S/C13H14F3N5/c1-8-11(19-7-18-8)6-21-3-2-10-9(5-21)4-17-12(20-10)13(14,15)16/h4,7H,2-3,5-6H2,1H3,(H,18,19). The summed E-state index contributed by atoms with van der Waals surface area (Å²) in [5, 5.41) is 0. The summed E-state index contributed by atoms with van der Waals surface area (Å²) >= 11 is 0. The lowest BCUT2D eigenvalue weighted by molar-refractivity contribution is -0.145. The van der Waals surface area contributed by atoms with Crippen molar-refractivity contribution in [1.29, 1.82) is 0 Å². The van der Waals surface area contributed by atoms with Crippen LogP contribution in [-0.4, -0.2) is 31.4 Å². The summed E-state index contributed by atoms with van der Waals surface area (Å²) in [5.74, 6) is -1.06. The predicted molar refractivity (Wildman–Crippen MR) is 68.2 cm³/mol. The van der Waals surface area contributed by atoms with Gasteiger partial charge in [-0.3, -0.25) is 4.90 Å². The monoisotopic (exact) mass is 297 g/mol. The third kappa shape index (κ3) is 2.90. The van der Waals surface area contributed by atoms with Gasteiger partial charge in [0.1, 0.15) is 0 Å². The lowest BCUT2D eigenvalue weighted by atomic mass is 10.1. The zero-order chi connectivity index (χ0) is 15.0. The molecule has 0 saturated carbocycles. The van der Waals surface area contributed by atoms with E-state index in [0.29, 0.717) is 31.7 Å². The number of aromatic nitrogens is 4. The summed E-state index contributed by atoms with van der Waals surface area (Å²) in [6.45, 7) is 3.81. The minimum absolute atomic E-state index is 0.490. The van der Waals surface area contributed by atoms with Crippen molar-refractivity contribution >= 4 is 0 Å². The molecular formula is C13H14F3N5. The van der Waals surface area contributed by atoms with Crippen LogP contribution < -0.4 is 0 Å². The van der Waals surface area contributed by atoms with Crippen molar-refractivity contribution in [2.24, 2.45) is 0 Å². The van der Waals surface area contributed by atoms with Gasteiger partial charge in [0.15, 0.2) is 0 Å². The van der Waals surface area contributed by atoms with E-state index in [1.807, 2.05) is 6.92 Å².